The topological polar surface area (TPSA) is 56.0 Å². The molecule has 0 aliphatic heterocycles. The van der Waals surface area contributed by atoms with Gasteiger partial charge in [0.25, 0.3) is 5.56 Å². The summed E-state index contributed by atoms with van der Waals surface area (Å²) in [6, 6.07) is 1.90. The van der Waals surface area contributed by atoms with Crippen LogP contribution in [0.15, 0.2) is 21.9 Å². The van der Waals surface area contributed by atoms with Crippen LogP contribution in [0.5, 0.6) is 0 Å². The Kier molecular flexibility index (Phi) is 5.15. The molecule has 0 aliphatic carbocycles. The average Bonchev–Trinajstić information content (AvgIpc) is 2.27. The highest BCUT2D eigenvalue weighted by Gasteiger charge is 2.02. The molecule has 0 amide bonds. The van der Waals surface area contributed by atoms with Crippen molar-refractivity contribution in [2.45, 2.75) is 39.3 Å². The molecule has 0 aromatic carbocycles. The van der Waals surface area contributed by atoms with Gasteiger partial charge in [0.2, 0.25) is 0 Å². The number of hydrogen-bond acceptors (Lipinski definition) is 3. The molecule has 0 aliphatic rings. The van der Waals surface area contributed by atoms with Gasteiger partial charge in [-0.25, -0.2) is 4.79 Å². The molecule has 1 N–H and O–H groups in total. The zero-order valence-corrected chi connectivity index (χ0v) is 10.8. The van der Waals surface area contributed by atoms with Crippen LogP contribution in [-0.4, -0.2) is 21.7 Å². The largest absolute Gasteiger partial charge is 0.330 e. The highest BCUT2D eigenvalue weighted by atomic mass is 16.2. The molecular formula is C12H21N3O2. The number of nitrogens with zero attached hydrogens (tertiary/aromatic N) is 2. The van der Waals surface area contributed by atoms with E-state index >= 15 is 0 Å². The molecule has 1 rings (SSSR count). The molecular weight excluding hydrogens is 218 g/mol. The molecule has 5 nitrogen and oxygen atoms in total. The summed E-state index contributed by atoms with van der Waals surface area (Å²) in [5, 5.41) is 3.30. The van der Waals surface area contributed by atoms with Gasteiger partial charge in [0.15, 0.2) is 0 Å². The smallest absolute Gasteiger partial charge is 0.315 e. The zero-order valence-electron chi connectivity index (χ0n) is 10.8. The number of rotatable bonds is 6. The van der Waals surface area contributed by atoms with Gasteiger partial charge in [-0.15, -0.1) is 0 Å². The van der Waals surface area contributed by atoms with Gasteiger partial charge in [0.1, 0.15) is 0 Å². The van der Waals surface area contributed by atoms with E-state index in [0.717, 1.165) is 19.4 Å². The minimum absolute atomic E-state index is 0.218. The van der Waals surface area contributed by atoms with E-state index in [1.165, 1.54) is 21.4 Å². The van der Waals surface area contributed by atoms with Crippen molar-refractivity contribution in [3.8, 4) is 0 Å². The fraction of sp³-hybridized carbons (Fsp3) is 0.667. The van der Waals surface area contributed by atoms with Gasteiger partial charge in [-0.1, -0.05) is 13.8 Å². The lowest BCUT2D eigenvalue weighted by molar-refractivity contribution is 0.509. The first kappa shape index (κ1) is 13.7. The molecule has 1 aromatic heterocycles. The van der Waals surface area contributed by atoms with Crippen LogP contribution in [0.3, 0.4) is 0 Å². The minimum atomic E-state index is -0.241. The van der Waals surface area contributed by atoms with E-state index in [1.807, 2.05) is 0 Å². The van der Waals surface area contributed by atoms with Crippen molar-refractivity contribution in [1.82, 2.24) is 14.5 Å². The van der Waals surface area contributed by atoms with E-state index in [0.29, 0.717) is 12.6 Å². The molecule has 0 bridgehead atoms. The predicted molar refractivity (Wildman–Crippen MR) is 68.3 cm³/mol. The maximum absolute atomic E-state index is 11.7. The van der Waals surface area contributed by atoms with Crippen LogP contribution < -0.4 is 16.6 Å². The van der Waals surface area contributed by atoms with Crippen molar-refractivity contribution in [2.24, 2.45) is 7.05 Å². The zero-order chi connectivity index (χ0) is 12.8. The molecule has 1 aromatic rings. The first-order valence-electron chi connectivity index (χ1n) is 6.02. The Morgan fingerprint density at radius 3 is 2.65 bits per heavy atom. The molecule has 0 spiro atoms. The van der Waals surface area contributed by atoms with Gasteiger partial charge in [0.05, 0.1) is 0 Å². The fourth-order valence-corrected chi connectivity index (χ4v) is 1.61. The number of aryl methyl sites for hydroxylation is 1. The third-order valence-corrected chi connectivity index (χ3v) is 2.60. The van der Waals surface area contributed by atoms with Crippen molar-refractivity contribution in [3.05, 3.63) is 33.1 Å². The highest BCUT2D eigenvalue weighted by Crippen LogP contribution is 1.90. The monoisotopic (exact) mass is 239 g/mol. The first-order valence-corrected chi connectivity index (χ1v) is 6.02. The van der Waals surface area contributed by atoms with Gasteiger partial charge in [-0.05, 0) is 19.4 Å². The Bertz CT molecular complexity index is 460. The minimum Gasteiger partial charge on any atom is -0.315 e. The molecule has 0 unspecified atom stereocenters. The van der Waals surface area contributed by atoms with Crippen LogP contribution in [0.4, 0.5) is 0 Å². The van der Waals surface area contributed by atoms with Gasteiger partial charge >= 0.3 is 5.69 Å². The Labute approximate surface area is 101 Å². The molecule has 1 heterocycles. The lowest BCUT2D eigenvalue weighted by atomic mass is 10.3. The van der Waals surface area contributed by atoms with Gasteiger partial charge in [0, 0.05) is 31.9 Å². The molecule has 0 radical (unpaired) electrons. The summed E-state index contributed by atoms with van der Waals surface area (Å²) in [7, 11) is 1.65. The summed E-state index contributed by atoms with van der Waals surface area (Å²) in [5.74, 6) is 0. The normalized spacial score (nSPS) is 11.1. The van der Waals surface area contributed by atoms with Gasteiger partial charge < -0.3 is 9.88 Å². The van der Waals surface area contributed by atoms with Crippen molar-refractivity contribution in [3.63, 3.8) is 0 Å². The number of hydrogen-bond donors (Lipinski definition) is 1. The van der Waals surface area contributed by atoms with Crippen molar-refractivity contribution in [1.29, 1.82) is 0 Å². The lowest BCUT2D eigenvalue weighted by Crippen LogP contribution is -2.38. The van der Waals surface area contributed by atoms with Crippen LogP contribution in [0, 0.1) is 0 Å². The van der Waals surface area contributed by atoms with E-state index < -0.39 is 0 Å². The number of unbranched alkanes of at least 4 members (excludes halogenated alkanes) is 1. The van der Waals surface area contributed by atoms with E-state index in [4.69, 9.17) is 0 Å². The standard InChI is InChI=1S/C12H21N3O2/c1-10(2)13-7-4-5-8-15-11(16)6-9-14(3)12(15)17/h6,9-10,13H,4-5,7-8H2,1-3H3. The second-order valence-corrected chi connectivity index (χ2v) is 4.52. The van der Waals surface area contributed by atoms with Crippen molar-refractivity contribution in [2.75, 3.05) is 6.54 Å². The average molecular weight is 239 g/mol. The first-order chi connectivity index (χ1) is 8.02. The Balaban J connectivity index is 2.50. The summed E-state index contributed by atoms with van der Waals surface area (Å²) in [4.78, 5) is 23.2. The summed E-state index contributed by atoms with van der Waals surface area (Å²) in [6.07, 6.45) is 3.29. The summed E-state index contributed by atoms with van der Waals surface area (Å²) < 4.78 is 2.71. The van der Waals surface area contributed by atoms with Crippen molar-refractivity contribution >= 4 is 0 Å². The molecule has 0 atom stereocenters. The van der Waals surface area contributed by atoms with E-state index in [2.05, 4.69) is 19.2 Å². The predicted octanol–water partition coefficient (Wildman–Crippen LogP) is 0.325. The van der Waals surface area contributed by atoms with Crippen LogP contribution in [-0.2, 0) is 13.6 Å². The number of nitrogens with one attached hydrogen (secondary N) is 1. The molecule has 96 valence electrons. The summed E-state index contributed by atoms with van der Waals surface area (Å²) >= 11 is 0. The Morgan fingerprint density at radius 2 is 2.00 bits per heavy atom. The highest BCUT2D eigenvalue weighted by molar-refractivity contribution is 4.85. The maximum atomic E-state index is 11.7. The molecule has 17 heavy (non-hydrogen) atoms. The lowest BCUT2D eigenvalue weighted by Gasteiger charge is -2.08. The molecule has 0 saturated carbocycles. The maximum Gasteiger partial charge on any atom is 0.330 e. The Hall–Kier alpha value is -1.36. The van der Waals surface area contributed by atoms with Crippen LogP contribution in [0.1, 0.15) is 26.7 Å². The van der Waals surface area contributed by atoms with Crippen molar-refractivity contribution < 1.29 is 0 Å². The third-order valence-electron chi connectivity index (χ3n) is 2.60. The second-order valence-electron chi connectivity index (χ2n) is 4.52. The molecule has 0 fully saturated rings. The second kappa shape index (κ2) is 6.39. The SMILES string of the molecule is CC(C)NCCCCn1c(=O)ccn(C)c1=O. The van der Waals surface area contributed by atoms with Gasteiger partial charge in [-0.2, -0.15) is 0 Å². The van der Waals surface area contributed by atoms with Gasteiger partial charge in [-0.3, -0.25) is 9.36 Å². The fourth-order valence-electron chi connectivity index (χ4n) is 1.61. The quantitative estimate of drug-likeness (QED) is 0.728. The van der Waals surface area contributed by atoms with E-state index in [1.54, 1.807) is 7.05 Å². The third kappa shape index (κ3) is 4.19. The van der Waals surface area contributed by atoms with E-state index in [-0.39, 0.29) is 11.2 Å². The molecule has 5 heteroatoms. The molecule has 0 saturated heterocycles. The van der Waals surface area contributed by atoms with Crippen LogP contribution in [0.2, 0.25) is 0 Å². The van der Waals surface area contributed by atoms with E-state index in [9.17, 15) is 9.59 Å². The summed E-state index contributed by atoms with van der Waals surface area (Å²) in [5.41, 5.74) is -0.459. The van der Waals surface area contributed by atoms with Crippen LogP contribution >= 0.6 is 0 Å². The number of aromatic nitrogens is 2. The Morgan fingerprint density at radius 1 is 1.29 bits per heavy atom. The van der Waals surface area contributed by atoms with Crippen LogP contribution in [0.25, 0.3) is 0 Å². The summed E-state index contributed by atoms with van der Waals surface area (Å²) in [6.45, 7) is 5.60.